The van der Waals surface area contributed by atoms with Crippen LogP contribution in [0.3, 0.4) is 0 Å². The van der Waals surface area contributed by atoms with Crippen molar-refractivity contribution in [2.45, 2.75) is 12.8 Å². The number of hydrogen-bond donors (Lipinski definition) is 0. The second kappa shape index (κ2) is 8.87. The number of anilines is 1. The third-order valence-corrected chi connectivity index (χ3v) is 4.48. The molecule has 6 heteroatoms. The standard InChI is InChI=1S/C22H20N2O4/c1-27-19-9-4-6-16(13-19)12-18(14-23)22(26)28-15-21(25)24-11-5-8-17-7-2-3-10-20(17)24/h2-4,6-7,9-10,12-13H,5,8,11,15H2,1H3/b18-12+. The van der Waals surface area contributed by atoms with Gasteiger partial charge >= 0.3 is 5.97 Å². The van der Waals surface area contributed by atoms with Crippen LogP contribution >= 0.6 is 0 Å². The summed E-state index contributed by atoms with van der Waals surface area (Å²) in [6, 6.07) is 16.5. The molecule has 0 aliphatic carbocycles. The summed E-state index contributed by atoms with van der Waals surface area (Å²) in [7, 11) is 1.53. The van der Waals surface area contributed by atoms with Crippen LogP contribution in [0.15, 0.2) is 54.1 Å². The van der Waals surface area contributed by atoms with Gasteiger partial charge in [-0.3, -0.25) is 4.79 Å². The molecule has 2 aromatic rings. The number of benzene rings is 2. The minimum atomic E-state index is -0.830. The smallest absolute Gasteiger partial charge is 0.349 e. The van der Waals surface area contributed by atoms with Gasteiger partial charge in [0, 0.05) is 12.2 Å². The van der Waals surface area contributed by atoms with Crippen molar-refractivity contribution >= 4 is 23.6 Å². The maximum atomic E-state index is 12.5. The second-order valence-electron chi connectivity index (χ2n) is 6.30. The molecule has 1 aliphatic rings. The number of methoxy groups -OCH3 is 1. The Kier molecular flexibility index (Phi) is 6.07. The Bertz CT molecular complexity index is 959. The summed E-state index contributed by atoms with van der Waals surface area (Å²) in [4.78, 5) is 26.4. The first-order valence-corrected chi connectivity index (χ1v) is 8.93. The van der Waals surface area contributed by atoms with Gasteiger partial charge in [0.05, 0.1) is 7.11 Å². The molecule has 0 bridgehead atoms. The molecule has 0 N–H and O–H groups in total. The molecule has 1 amide bonds. The topological polar surface area (TPSA) is 79.6 Å². The Morgan fingerprint density at radius 3 is 2.82 bits per heavy atom. The Hall–Kier alpha value is -3.59. The molecule has 0 spiro atoms. The second-order valence-corrected chi connectivity index (χ2v) is 6.30. The summed E-state index contributed by atoms with van der Waals surface area (Å²) in [6.07, 6.45) is 3.18. The number of esters is 1. The van der Waals surface area contributed by atoms with Crippen molar-refractivity contribution in [1.82, 2.24) is 0 Å². The van der Waals surface area contributed by atoms with Crippen LogP contribution in [0.2, 0.25) is 0 Å². The molecule has 0 saturated carbocycles. The van der Waals surface area contributed by atoms with Gasteiger partial charge in [-0.2, -0.15) is 5.26 Å². The number of aryl methyl sites for hydroxylation is 1. The highest BCUT2D eigenvalue weighted by Crippen LogP contribution is 2.26. The van der Waals surface area contributed by atoms with E-state index in [1.165, 1.54) is 13.2 Å². The van der Waals surface area contributed by atoms with Gasteiger partial charge in [0.25, 0.3) is 5.91 Å². The summed E-state index contributed by atoms with van der Waals surface area (Å²) >= 11 is 0. The van der Waals surface area contributed by atoms with E-state index in [1.54, 1.807) is 29.2 Å². The van der Waals surface area contributed by atoms with E-state index in [4.69, 9.17) is 9.47 Å². The minimum Gasteiger partial charge on any atom is -0.497 e. The first kappa shape index (κ1) is 19.2. The van der Waals surface area contributed by atoms with Crippen LogP contribution in [0, 0.1) is 11.3 Å². The monoisotopic (exact) mass is 376 g/mol. The largest absolute Gasteiger partial charge is 0.497 e. The average molecular weight is 376 g/mol. The number of carbonyl (C=O) groups is 2. The zero-order chi connectivity index (χ0) is 19.9. The number of para-hydroxylation sites is 1. The van der Waals surface area contributed by atoms with Crippen LogP contribution in [-0.4, -0.2) is 32.1 Å². The van der Waals surface area contributed by atoms with E-state index >= 15 is 0 Å². The molecular weight excluding hydrogens is 356 g/mol. The molecule has 0 aromatic heterocycles. The van der Waals surface area contributed by atoms with E-state index in [2.05, 4.69) is 0 Å². The van der Waals surface area contributed by atoms with Crippen molar-refractivity contribution in [1.29, 1.82) is 5.26 Å². The maximum absolute atomic E-state index is 12.5. The Morgan fingerprint density at radius 2 is 2.04 bits per heavy atom. The summed E-state index contributed by atoms with van der Waals surface area (Å²) in [5.74, 6) is -0.526. The molecule has 1 aliphatic heterocycles. The molecule has 0 atom stereocenters. The molecule has 2 aromatic carbocycles. The Morgan fingerprint density at radius 1 is 1.21 bits per heavy atom. The van der Waals surface area contributed by atoms with Gasteiger partial charge in [-0.15, -0.1) is 0 Å². The molecule has 1 heterocycles. The molecule has 0 saturated heterocycles. The van der Waals surface area contributed by atoms with Crippen LogP contribution in [-0.2, 0) is 20.7 Å². The van der Waals surface area contributed by atoms with Gasteiger partial charge in [0.1, 0.15) is 17.4 Å². The van der Waals surface area contributed by atoms with Gasteiger partial charge in [-0.05, 0) is 48.2 Å². The lowest BCUT2D eigenvalue weighted by molar-refractivity contribution is -0.143. The fourth-order valence-corrected chi connectivity index (χ4v) is 3.11. The normalized spacial score (nSPS) is 13.3. The fraction of sp³-hybridized carbons (Fsp3) is 0.227. The van der Waals surface area contributed by atoms with E-state index in [-0.39, 0.29) is 11.5 Å². The van der Waals surface area contributed by atoms with Crippen molar-refractivity contribution in [2.75, 3.05) is 25.2 Å². The molecule has 142 valence electrons. The van der Waals surface area contributed by atoms with Crippen molar-refractivity contribution in [3.63, 3.8) is 0 Å². The number of fused-ring (bicyclic) bond motifs is 1. The maximum Gasteiger partial charge on any atom is 0.349 e. The number of nitrogens with zero attached hydrogens (tertiary/aromatic N) is 2. The zero-order valence-corrected chi connectivity index (χ0v) is 15.6. The van der Waals surface area contributed by atoms with Crippen LogP contribution in [0.25, 0.3) is 6.08 Å². The van der Waals surface area contributed by atoms with Gasteiger partial charge in [0.2, 0.25) is 0 Å². The van der Waals surface area contributed by atoms with Crippen LogP contribution in [0.4, 0.5) is 5.69 Å². The van der Waals surface area contributed by atoms with Gasteiger partial charge < -0.3 is 14.4 Å². The molecule has 28 heavy (non-hydrogen) atoms. The lowest BCUT2D eigenvalue weighted by atomic mass is 10.0. The highest BCUT2D eigenvalue weighted by molar-refractivity contribution is 6.01. The third-order valence-electron chi connectivity index (χ3n) is 4.48. The molecular formula is C22H20N2O4. The van der Waals surface area contributed by atoms with Crippen molar-refractivity contribution in [3.05, 3.63) is 65.2 Å². The van der Waals surface area contributed by atoms with E-state index in [0.717, 1.165) is 24.1 Å². The lowest BCUT2D eigenvalue weighted by Gasteiger charge is -2.29. The zero-order valence-electron chi connectivity index (χ0n) is 15.6. The Labute approximate surface area is 163 Å². The number of ether oxygens (including phenoxy) is 2. The summed E-state index contributed by atoms with van der Waals surface area (Å²) < 4.78 is 10.2. The highest BCUT2D eigenvalue weighted by atomic mass is 16.5. The predicted octanol–water partition coefficient (Wildman–Crippen LogP) is 3.12. The fourth-order valence-electron chi connectivity index (χ4n) is 3.11. The molecule has 0 fully saturated rings. The number of amides is 1. The van der Waals surface area contributed by atoms with E-state index in [9.17, 15) is 14.9 Å². The first-order valence-electron chi connectivity index (χ1n) is 8.93. The lowest BCUT2D eigenvalue weighted by Crippen LogP contribution is -2.38. The molecule has 3 rings (SSSR count). The van der Waals surface area contributed by atoms with Gasteiger partial charge in [-0.25, -0.2) is 4.79 Å². The first-order chi connectivity index (χ1) is 13.6. The highest BCUT2D eigenvalue weighted by Gasteiger charge is 2.23. The molecule has 6 nitrogen and oxygen atoms in total. The van der Waals surface area contributed by atoms with Crippen molar-refractivity contribution < 1.29 is 19.1 Å². The predicted molar refractivity (Wildman–Crippen MR) is 105 cm³/mol. The Balaban J connectivity index is 1.66. The van der Waals surface area contributed by atoms with Crippen molar-refractivity contribution in [3.8, 4) is 11.8 Å². The van der Waals surface area contributed by atoms with E-state index in [0.29, 0.717) is 17.9 Å². The average Bonchev–Trinajstić information content (AvgIpc) is 2.75. The van der Waals surface area contributed by atoms with Gasteiger partial charge in [0.15, 0.2) is 6.61 Å². The van der Waals surface area contributed by atoms with E-state index < -0.39 is 12.6 Å². The molecule has 0 radical (unpaired) electrons. The van der Waals surface area contributed by atoms with Crippen LogP contribution < -0.4 is 9.64 Å². The number of rotatable bonds is 5. The quantitative estimate of drug-likeness (QED) is 0.455. The van der Waals surface area contributed by atoms with E-state index in [1.807, 2.05) is 30.3 Å². The number of carbonyl (C=O) groups excluding carboxylic acids is 2. The minimum absolute atomic E-state index is 0.180. The number of hydrogen-bond acceptors (Lipinski definition) is 5. The summed E-state index contributed by atoms with van der Waals surface area (Å²) in [6.45, 7) is 0.169. The summed E-state index contributed by atoms with van der Waals surface area (Å²) in [5, 5.41) is 9.28. The van der Waals surface area contributed by atoms with Gasteiger partial charge in [-0.1, -0.05) is 30.3 Å². The SMILES string of the molecule is COc1cccc(/C=C(\C#N)C(=O)OCC(=O)N2CCCc3ccccc32)c1. The van der Waals surface area contributed by atoms with Crippen LogP contribution in [0.5, 0.6) is 5.75 Å². The third kappa shape index (κ3) is 4.38. The molecule has 0 unspecified atom stereocenters. The van der Waals surface area contributed by atoms with Crippen molar-refractivity contribution in [2.24, 2.45) is 0 Å². The summed E-state index contributed by atoms with van der Waals surface area (Å²) in [5.41, 5.74) is 2.40. The number of nitriles is 1. The van der Waals surface area contributed by atoms with Crippen LogP contribution in [0.1, 0.15) is 17.5 Å².